The van der Waals surface area contributed by atoms with Gasteiger partial charge in [-0.05, 0) is 30.9 Å². The van der Waals surface area contributed by atoms with Gasteiger partial charge in [0.2, 0.25) is 0 Å². The predicted molar refractivity (Wildman–Crippen MR) is 64.8 cm³/mol. The third-order valence-electron chi connectivity index (χ3n) is 2.44. The molecular weight excluding hydrogens is 231 g/mol. The maximum atomic E-state index is 10.9. The number of rotatable bonds is 4. The van der Waals surface area contributed by atoms with Crippen LogP contribution in [0.3, 0.4) is 0 Å². The molecule has 1 aromatic rings. The van der Waals surface area contributed by atoms with Crippen molar-refractivity contribution in [3.05, 3.63) is 33.8 Å². The van der Waals surface area contributed by atoms with Crippen molar-refractivity contribution in [1.29, 1.82) is 0 Å². The lowest BCUT2D eigenvalue weighted by Gasteiger charge is -2.13. The van der Waals surface area contributed by atoms with Crippen molar-refractivity contribution in [3.8, 4) is 0 Å². The topological polar surface area (TPSA) is 17.1 Å². The number of carbonyl (C=O) groups is 1. The van der Waals surface area contributed by atoms with E-state index in [1.165, 1.54) is 0 Å². The maximum Gasteiger partial charge on any atom is 0.129 e. The minimum atomic E-state index is 0.208. The van der Waals surface area contributed by atoms with Crippen LogP contribution >= 0.6 is 23.2 Å². The Kier molecular flexibility index (Phi) is 4.62. The molecule has 0 aliphatic rings. The summed E-state index contributed by atoms with van der Waals surface area (Å²) in [6.45, 7) is 3.66. The molecule has 0 aromatic heterocycles. The molecule has 82 valence electrons. The van der Waals surface area contributed by atoms with E-state index in [1.807, 2.05) is 12.1 Å². The number of hydrogen-bond acceptors (Lipinski definition) is 1. The fourth-order valence-electron chi connectivity index (χ4n) is 1.48. The summed E-state index contributed by atoms with van der Waals surface area (Å²) in [7, 11) is 0. The average Bonchev–Trinajstić information content (AvgIpc) is 2.18. The molecule has 15 heavy (non-hydrogen) atoms. The lowest BCUT2D eigenvalue weighted by Crippen LogP contribution is -1.98. The highest BCUT2D eigenvalue weighted by Crippen LogP contribution is 2.32. The van der Waals surface area contributed by atoms with E-state index in [2.05, 4.69) is 6.92 Å². The van der Waals surface area contributed by atoms with Crippen LogP contribution in [-0.2, 0) is 4.79 Å². The number of ketones is 1. The van der Waals surface area contributed by atoms with Crippen molar-refractivity contribution in [2.75, 3.05) is 0 Å². The van der Waals surface area contributed by atoms with Gasteiger partial charge < -0.3 is 4.79 Å². The summed E-state index contributed by atoms with van der Waals surface area (Å²) in [5.41, 5.74) is 1.02. The van der Waals surface area contributed by atoms with Gasteiger partial charge in [0, 0.05) is 6.42 Å². The lowest BCUT2D eigenvalue weighted by molar-refractivity contribution is -0.117. The Morgan fingerprint density at radius 2 is 2.07 bits per heavy atom. The number of halogens is 2. The summed E-state index contributed by atoms with van der Waals surface area (Å²) < 4.78 is 0. The van der Waals surface area contributed by atoms with E-state index in [-0.39, 0.29) is 11.7 Å². The van der Waals surface area contributed by atoms with E-state index in [0.717, 1.165) is 12.0 Å². The molecule has 1 nitrogen and oxygen atoms in total. The van der Waals surface area contributed by atoms with Crippen molar-refractivity contribution in [2.24, 2.45) is 0 Å². The fraction of sp³-hybridized carbons (Fsp3) is 0.417. The van der Waals surface area contributed by atoms with Gasteiger partial charge in [0.25, 0.3) is 0 Å². The van der Waals surface area contributed by atoms with E-state index < -0.39 is 0 Å². The van der Waals surface area contributed by atoms with Gasteiger partial charge >= 0.3 is 0 Å². The molecule has 0 spiro atoms. The molecule has 0 amide bonds. The summed E-state index contributed by atoms with van der Waals surface area (Å²) in [5, 5.41) is 1.18. The fourth-order valence-corrected chi connectivity index (χ4v) is 1.97. The SMILES string of the molecule is CC(=O)CCC(C)c1cccc(Cl)c1Cl. The third kappa shape index (κ3) is 3.51. The van der Waals surface area contributed by atoms with Crippen molar-refractivity contribution in [1.82, 2.24) is 0 Å². The van der Waals surface area contributed by atoms with Gasteiger partial charge in [0.05, 0.1) is 10.0 Å². The second kappa shape index (κ2) is 5.53. The Morgan fingerprint density at radius 3 is 2.67 bits per heavy atom. The van der Waals surface area contributed by atoms with Crippen molar-refractivity contribution >= 4 is 29.0 Å². The van der Waals surface area contributed by atoms with Crippen molar-refractivity contribution in [2.45, 2.75) is 32.6 Å². The molecule has 0 N–H and O–H groups in total. The molecule has 0 radical (unpaired) electrons. The van der Waals surface area contributed by atoms with Gasteiger partial charge in [0.1, 0.15) is 5.78 Å². The minimum absolute atomic E-state index is 0.208. The van der Waals surface area contributed by atoms with Crippen LogP contribution in [0.5, 0.6) is 0 Å². The number of Topliss-reactive ketones (excluding diaryl/α,β-unsaturated/α-hetero) is 1. The van der Waals surface area contributed by atoms with Crippen LogP contribution in [0.4, 0.5) is 0 Å². The molecule has 0 fully saturated rings. The highest BCUT2D eigenvalue weighted by Gasteiger charge is 2.12. The highest BCUT2D eigenvalue weighted by molar-refractivity contribution is 6.42. The Hall–Kier alpha value is -0.530. The molecule has 3 heteroatoms. The largest absolute Gasteiger partial charge is 0.300 e. The molecule has 0 saturated carbocycles. The summed E-state index contributed by atoms with van der Waals surface area (Å²) in [6.07, 6.45) is 1.40. The first-order valence-corrected chi connectivity index (χ1v) is 5.71. The Bertz CT molecular complexity index is 361. The molecule has 1 atom stereocenters. The second-order valence-corrected chi connectivity index (χ2v) is 4.57. The molecule has 0 heterocycles. The van der Waals surface area contributed by atoms with Crippen LogP contribution in [0.15, 0.2) is 18.2 Å². The van der Waals surface area contributed by atoms with Crippen LogP contribution in [0.25, 0.3) is 0 Å². The number of benzene rings is 1. The van der Waals surface area contributed by atoms with Gasteiger partial charge in [-0.3, -0.25) is 0 Å². The Morgan fingerprint density at radius 1 is 1.40 bits per heavy atom. The van der Waals surface area contributed by atoms with Crippen LogP contribution in [0.2, 0.25) is 10.0 Å². The van der Waals surface area contributed by atoms with Gasteiger partial charge in [-0.15, -0.1) is 0 Å². The Balaban J connectivity index is 2.77. The number of carbonyl (C=O) groups excluding carboxylic acids is 1. The predicted octanol–water partition coefficient (Wildman–Crippen LogP) is 4.47. The van der Waals surface area contributed by atoms with Gasteiger partial charge in [-0.2, -0.15) is 0 Å². The van der Waals surface area contributed by atoms with Crippen LogP contribution in [0, 0.1) is 0 Å². The molecule has 1 rings (SSSR count). The summed E-state index contributed by atoms with van der Waals surface area (Å²) in [6, 6.07) is 5.61. The maximum absolute atomic E-state index is 10.9. The van der Waals surface area contributed by atoms with E-state index in [0.29, 0.717) is 16.5 Å². The van der Waals surface area contributed by atoms with Crippen LogP contribution in [-0.4, -0.2) is 5.78 Å². The summed E-state index contributed by atoms with van der Waals surface area (Å²) >= 11 is 12.0. The molecule has 1 unspecified atom stereocenters. The normalized spacial score (nSPS) is 12.5. The van der Waals surface area contributed by atoms with Gasteiger partial charge in [-0.1, -0.05) is 42.3 Å². The van der Waals surface area contributed by atoms with E-state index in [4.69, 9.17) is 23.2 Å². The molecular formula is C12H14Cl2O. The number of hydrogen-bond donors (Lipinski definition) is 0. The van der Waals surface area contributed by atoms with E-state index in [9.17, 15) is 4.79 Å². The Labute approximate surface area is 100 Å². The average molecular weight is 245 g/mol. The highest BCUT2D eigenvalue weighted by atomic mass is 35.5. The standard InChI is InChI=1S/C12H14Cl2O/c1-8(6-7-9(2)15)10-4-3-5-11(13)12(10)14/h3-5,8H,6-7H2,1-2H3. The molecule has 0 aliphatic carbocycles. The summed E-state index contributed by atoms with van der Waals surface area (Å²) in [5.74, 6) is 0.472. The van der Waals surface area contributed by atoms with Crippen molar-refractivity contribution < 1.29 is 4.79 Å². The zero-order valence-corrected chi connectivity index (χ0v) is 10.4. The molecule has 0 bridgehead atoms. The third-order valence-corrected chi connectivity index (χ3v) is 3.28. The second-order valence-electron chi connectivity index (χ2n) is 3.78. The van der Waals surface area contributed by atoms with Gasteiger partial charge in [-0.25, -0.2) is 0 Å². The summed E-state index contributed by atoms with van der Waals surface area (Å²) in [4.78, 5) is 10.9. The minimum Gasteiger partial charge on any atom is -0.300 e. The molecule has 0 saturated heterocycles. The first-order valence-electron chi connectivity index (χ1n) is 4.95. The van der Waals surface area contributed by atoms with Crippen LogP contribution in [0.1, 0.15) is 38.2 Å². The molecule has 0 aliphatic heterocycles. The van der Waals surface area contributed by atoms with Crippen LogP contribution < -0.4 is 0 Å². The molecule has 1 aromatic carbocycles. The van der Waals surface area contributed by atoms with Gasteiger partial charge in [0.15, 0.2) is 0 Å². The lowest BCUT2D eigenvalue weighted by atomic mass is 9.95. The monoisotopic (exact) mass is 244 g/mol. The quantitative estimate of drug-likeness (QED) is 0.764. The first kappa shape index (κ1) is 12.5. The smallest absolute Gasteiger partial charge is 0.129 e. The first-order chi connectivity index (χ1) is 7.02. The van der Waals surface area contributed by atoms with Crippen molar-refractivity contribution in [3.63, 3.8) is 0 Å². The zero-order chi connectivity index (χ0) is 11.4. The zero-order valence-electron chi connectivity index (χ0n) is 8.89. The van der Waals surface area contributed by atoms with E-state index >= 15 is 0 Å². The van der Waals surface area contributed by atoms with E-state index in [1.54, 1.807) is 13.0 Å².